The molecule has 2 heterocycles. The van der Waals surface area contributed by atoms with E-state index in [9.17, 15) is 0 Å². The molecule has 1 aliphatic rings. The molecule has 0 saturated heterocycles. The predicted molar refractivity (Wildman–Crippen MR) is 56.7 cm³/mol. The van der Waals surface area contributed by atoms with Crippen LogP contribution in [0.15, 0.2) is 18.6 Å². The minimum atomic E-state index is 0.116. The van der Waals surface area contributed by atoms with Crippen LogP contribution < -0.4 is 11.1 Å². The molecular weight excluding hydrogens is 176 g/mol. The number of hydrogen-bond acceptors (Lipinski definition) is 3. The van der Waals surface area contributed by atoms with Crippen LogP contribution in [-0.2, 0) is 6.54 Å². The summed E-state index contributed by atoms with van der Waals surface area (Å²) in [6.45, 7) is 4.79. The fourth-order valence-electron chi connectivity index (χ4n) is 1.62. The fourth-order valence-corrected chi connectivity index (χ4v) is 1.62. The van der Waals surface area contributed by atoms with Gasteiger partial charge in [0.15, 0.2) is 0 Å². The quantitative estimate of drug-likeness (QED) is 0.704. The largest absolute Gasteiger partial charge is 0.337 e. The number of nitrogens with one attached hydrogen (secondary N) is 1. The molecule has 2 rings (SSSR count). The van der Waals surface area contributed by atoms with Crippen molar-refractivity contribution in [2.45, 2.75) is 19.5 Å². The third-order valence-electron chi connectivity index (χ3n) is 2.44. The molecule has 0 fully saturated rings. The Hall–Kier alpha value is -1.13. The minimum absolute atomic E-state index is 0.116. The molecule has 4 heteroatoms. The lowest BCUT2D eigenvalue weighted by molar-refractivity contribution is 0.662. The molecule has 0 saturated carbocycles. The molecule has 0 aromatic carbocycles. The minimum Gasteiger partial charge on any atom is -0.337 e. The van der Waals surface area contributed by atoms with E-state index in [1.165, 1.54) is 5.57 Å². The second-order valence-corrected chi connectivity index (χ2v) is 3.58. The van der Waals surface area contributed by atoms with Crippen molar-refractivity contribution in [3.8, 4) is 0 Å². The molecule has 0 bridgehead atoms. The first-order chi connectivity index (χ1) is 6.79. The summed E-state index contributed by atoms with van der Waals surface area (Å²) in [5, 5.41) is 3.27. The highest BCUT2D eigenvalue weighted by Crippen LogP contribution is 2.13. The van der Waals surface area contributed by atoms with Crippen molar-refractivity contribution >= 4 is 5.57 Å². The van der Waals surface area contributed by atoms with Gasteiger partial charge in [-0.15, -0.1) is 0 Å². The zero-order valence-corrected chi connectivity index (χ0v) is 8.40. The van der Waals surface area contributed by atoms with Crippen LogP contribution in [0.1, 0.15) is 12.6 Å². The third-order valence-corrected chi connectivity index (χ3v) is 2.44. The topological polar surface area (TPSA) is 55.9 Å². The van der Waals surface area contributed by atoms with Gasteiger partial charge >= 0.3 is 0 Å². The Balaban J connectivity index is 2.21. The molecule has 1 atom stereocenters. The molecular formula is C10H16N4. The molecule has 1 aromatic heterocycles. The standard InChI is InChI=1S/C10H16N4/c1-2-14-6-10(13-7-14)8-3-9(11)5-12-4-8/h3,6-7,9,12H,2,4-5,11H2,1H3. The highest BCUT2D eigenvalue weighted by Gasteiger charge is 2.12. The number of nitrogens with zero attached hydrogens (tertiary/aromatic N) is 2. The number of hydrogen-bond donors (Lipinski definition) is 2. The molecule has 14 heavy (non-hydrogen) atoms. The van der Waals surface area contributed by atoms with Crippen LogP contribution in [0, 0.1) is 0 Å². The van der Waals surface area contributed by atoms with Crippen LogP contribution in [-0.4, -0.2) is 28.7 Å². The smallest absolute Gasteiger partial charge is 0.0953 e. The van der Waals surface area contributed by atoms with Gasteiger partial charge in [-0.05, 0) is 12.5 Å². The maximum absolute atomic E-state index is 5.83. The van der Waals surface area contributed by atoms with E-state index in [0.717, 1.165) is 25.3 Å². The molecule has 0 aliphatic carbocycles. The van der Waals surface area contributed by atoms with Gasteiger partial charge in [0.1, 0.15) is 0 Å². The van der Waals surface area contributed by atoms with Crippen LogP contribution in [0.4, 0.5) is 0 Å². The zero-order valence-electron chi connectivity index (χ0n) is 8.40. The SMILES string of the molecule is CCn1cnc(C2=CC(N)CNC2)c1. The van der Waals surface area contributed by atoms with Crippen molar-refractivity contribution in [2.24, 2.45) is 5.73 Å². The van der Waals surface area contributed by atoms with Crippen LogP contribution >= 0.6 is 0 Å². The summed E-state index contributed by atoms with van der Waals surface area (Å²) < 4.78 is 2.07. The van der Waals surface area contributed by atoms with Gasteiger partial charge in [-0.25, -0.2) is 4.98 Å². The van der Waals surface area contributed by atoms with Gasteiger partial charge in [0.25, 0.3) is 0 Å². The zero-order chi connectivity index (χ0) is 9.97. The number of aryl methyl sites for hydroxylation is 1. The summed E-state index contributed by atoms with van der Waals surface area (Å²) in [6, 6.07) is 0.116. The molecule has 1 unspecified atom stereocenters. The normalized spacial score (nSPS) is 22.1. The number of rotatable bonds is 2. The van der Waals surface area contributed by atoms with Crippen molar-refractivity contribution in [3.63, 3.8) is 0 Å². The molecule has 4 nitrogen and oxygen atoms in total. The van der Waals surface area contributed by atoms with Crippen molar-refractivity contribution in [1.82, 2.24) is 14.9 Å². The van der Waals surface area contributed by atoms with Crippen LogP contribution in [0.25, 0.3) is 5.57 Å². The first-order valence-corrected chi connectivity index (χ1v) is 4.98. The second kappa shape index (κ2) is 3.94. The molecule has 3 N–H and O–H groups in total. The van der Waals surface area contributed by atoms with E-state index >= 15 is 0 Å². The average molecular weight is 192 g/mol. The van der Waals surface area contributed by atoms with E-state index in [-0.39, 0.29) is 6.04 Å². The lowest BCUT2D eigenvalue weighted by Gasteiger charge is -2.17. The van der Waals surface area contributed by atoms with Crippen molar-refractivity contribution in [2.75, 3.05) is 13.1 Å². The molecule has 1 aromatic rings. The summed E-state index contributed by atoms with van der Waals surface area (Å²) >= 11 is 0. The molecule has 76 valence electrons. The highest BCUT2D eigenvalue weighted by atomic mass is 15.0. The Morgan fingerprint density at radius 1 is 1.71 bits per heavy atom. The maximum atomic E-state index is 5.83. The Kier molecular flexibility index (Phi) is 2.65. The Bertz CT molecular complexity index is 340. The van der Waals surface area contributed by atoms with Gasteiger partial charge in [0.2, 0.25) is 0 Å². The summed E-state index contributed by atoms with van der Waals surface area (Å²) in [7, 11) is 0. The van der Waals surface area contributed by atoms with Crippen LogP contribution in [0.5, 0.6) is 0 Å². The Morgan fingerprint density at radius 3 is 3.21 bits per heavy atom. The van der Waals surface area contributed by atoms with Crippen LogP contribution in [0.2, 0.25) is 0 Å². The molecule has 0 spiro atoms. The number of aromatic nitrogens is 2. The van der Waals surface area contributed by atoms with Gasteiger partial charge in [-0.2, -0.15) is 0 Å². The number of nitrogens with two attached hydrogens (primary N) is 1. The Morgan fingerprint density at radius 2 is 2.57 bits per heavy atom. The predicted octanol–water partition coefficient (Wildman–Crippen LogP) is 0.217. The van der Waals surface area contributed by atoms with Gasteiger partial charge in [-0.3, -0.25) is 0 Å². The van der Waals surface area contributed by atoms with Crippen LogP contribution in [0.3, 0.4) is 0 Å². The van der Waals surface area contributed by atoms with Gasteiger partial charge in [-0.1, -0.05) is 6.08 Å². The molecule has 0 radical (unpaired) electrons. The van der Waals surface area contributed by atoms with E-state index in [1.807, 2.05) is 6.33 Å². The van der Waals surface area contributed by atoms with Gasteiger partial charge < -0.3 is 15.6 Å². The van der Waals surface area contributed by atoms with E-state index in [1.54, 1.807) is 0 Å². The van der Waals surface area contributed by atoms with Crippen molar-refractivity contribution in [3.05, 3.63) is 24.3 Å². The van der Waals surface area contributed by atoms with E-state index in [2.05, 4.69) is 34.1 Å². The summed E-state index contributed by atoms with van der Waals surface area (Å²) in [4.78, 5) is 4.34. The third kappa shape index (κ3) is 1.86. The lowest BCUT2D eigenvalue weighted by atomic mass is 10.1. The summed E-state index contributed by atoms with van der Waals surface area (Å²) in [5.74, 6) is 0. The van der Waals surface area contributed by atoms with Gasteiger partial charge in [0, 0.05) is 31.9 Å². The first-order valence-electron chi connectivity index (χ1n) is 4.98. The van der Waals surface area contributed by atoms with Crippen molar-refractivity contribution < 1.29 is 0 Å². The molecule has 0 amide bonds. The molecule has 1 aliphatic heterocycles. The lowest BCUT2D eigenvalue weighted by Crippen LogP contribution is -2.37. The first kappa shape index (κ1) is 9.43. The van der Waals surface area contributed by atoms with E-state index in [0.29, 0.717) is 0 Å². The Labute approximate surface area is 83.8 Å². The van der Waals surface area contributed by atoms with E-state index in [4.69, 9.17) is 5.73 Å². The monoisotopic (exact) mass is 192 g/mol. The van der Waals surface area contributed by atoms with Crippen molar-refractivity contribution in [1.29, 1.82) is 0 Å². The van der Waals surface area contributed by atoms with E-state index < -0.39 is 0 Å². The summed E-state index contributed by atoms with van der Waals surface area (Å²) in [5.41, 5.74) is 8.07. The van der Waals surface area contributed by atoms with Gasteiger partial charge in [0.05, 0.1) is 12.0 Å². The highest BCUT2D eigenvalue weighted by molar-refractivity contribution is 5.65. The fraction of sp³-hybridized carbons (Fsp3) is 0.500. The summed E-state index contributed by atoms with van der Waals surface area (Å²) in [6.07, 6.45) is 6.01. The number of imidazole rings is 1. The average Bonchev–Trinajstić information content (AvgIpc) is 2.66. The maximum Gasteiger partial charge on any atom is 0.0953 e. The second-order valence-electron chi connectivity index (χ2n) is 3.58.